The standard InChI is InChI=1S/C15H20N4/c1-2-5-13(6-3-1)11-19-10-4-7-14(12-19)17-15-8-9-16-18-15/h1-3,5-6,8-9,14H,4,7,10-12H2,(H2,16,17,18)/t14-/m0/s1. The zero-order valence-corrected chi connectivity index (χ0v) is 11.0. The minimum Gasteiger partial charge on any atom is -0.366 e. The summed E-state index contributed by atoms with van der Waals surface area (Å²) in [5, 5.41) is 10.5. The van der Waals surface area contributed by atoms with Gasteiger partial charge in [-0.15, -0.1) is 0 Å². The number of hydrogen-bond donors (Lipinski definition) is 2. The maximum atomic E-state index is 3.97. The quantitative estimate of drug-likeness (QED) is 0.883. The number of aromatic amines is 1. The third kappa shape index (κ3) is 3.35. The van der Waals surface area contributed by atoms with Gasteiger partial charge in [-0.25, -0.2) is 0 Å². The number of rotatable bonds is 4. The molecule has 1 fully saturated rings. The minimum atomic E-state index is 0.512. The molecule has 2 N–H and O–H groups in total. The third-order valence-corrected chi connectivity index (χ3v) is 3.61. The van der Waals surface area contributed by atoms with Crippen molar-refractivity contribution in [2.24, 2.45) is 0 Å². The van der Waals surface area contributed by atoms with Crippen LogP contribution in [0.3, 0.4) is 0 Å². The third-order valence-electron chi connectivity index (χ3n) is 3.61. The minimum absolute atomic E-state index is 0.512. The summed E-state index contributed by atoms with van der Waals surface area (Å²) in [5.41, 5.74) is 1.39. The second-order valence-corrected chi connectivity index (χ2v) is 5.17. The highest BCUT2D eigenvalue weighted by Crippen LogP contribution is 2.16. The molecular formula is C15H20N4. The molecule has 1 aromatic carbocycles. The number of H-pyrrole nitrogens is 1. The maximum absolute atomic E-state index is 3.97. The average molecular weight is 256 g/mol. The number of likely N-dealkylation sites (tertiary alicyclic amines) is 1. The van der Waals surface area contributed by atoms with Gasteiger partial charge in [0.25, 0.3) is 0 Å². The molecule has 4 heteroatoms. The number of benzene rings is 1. The van der Waals surface area contributed by atoms with Crippen molar-refractivity contribution in [1.29, 1.82) is 0 Å². The van der Waals surface area contributed by atoms with Gasteiger partial charge in [0.1, 0.15) is 5.82 Å². The van der Waals surface area contributed by atoms with Crippen LogP contribution in [0, 0.1) is 0 Å². The molecule has 1 saturated heterocycles. The Labute approximate surface area is 113 Å². The van der Waals surface area contributed by atoms with Gasteiger partial charge in [0.05, 0.1) is 6.20 Å². The van der Waals surface area contributed by atoms with Crippen LogP contribution in [0.25, 0.3) is 0 Å². The van der Waals surface area contributed by atoms with Gasteiger partial charge in [-0.3, -0.25) is 10.00 Å². The van der Waals surface area contributed by atoms with E-state index in [2.05, 4.69) is 50.7 Å². The first-order chi connectivity index (χ1) is 9.40. The van der Waals surface area contributed by atoms with Gasteiger partial charge in [-0.2, -0.15) is 5.10 Å². The summed E-state index contributed by atoms with van der Waals surface area (Å²) >= 11 is 0. The van der Waals surface area contributed by atoms with Gasteiger partial charge in [0.15, 0.2) is 0 Å². The van der Waals surface area contributed by atoms with Crippen molar-refractivity contribution >= 4 is 5.82 Å². The van der Waals surface area contributed by atoms with Crippen molar-refractivity contribution in [2.45, 2.75) is 25.4 Å². The van der Waals surface area contributed by atoms with Gasteiger partial charge in [-0.1, -0.05) is 30.3 Å². The smallest absolute Gasteiger partial charge is 0.121 e. The van der Waals surface area contributed by atoms with Crippen molar-refractivity contribution in [3.8, 4) is 0 Å². The first-order valence-electron chi connectivity index (χ1n) is 6.92. The molecule has 3 rings (SSSR count). The Morgan fingerprint density at radius 3 is 2.95 bits per heavy atom. The summed E-state index contributed by atoms with van der Waals surface area (Å²) in [4.78, 5) is 2.52. The molecule has 1 aliphatic rings. The molecular weight excluding hydrogens is 236 g/mol. The van der Waals surface area contributed by atoms with E-state index in [-0.39, 0.29) is 0 Å². The van der Waals surface area contributed by atoms with Crippen molar-refractivity contribution in [1.82, 2.24) is 15.1 Å². The Kier molecular flexibility index (Phi) is 3.79. The normalized spacial score (nSPS) is 20.3. The molecule has 1 aliphatic heterocycles. The Morgan fingerprint density at radius 1 is 1.26 bits per heavy atom. The van der Waals surface area contributed by atoms with E-state index in [0.717, 1.165) is 18.9 Å². The van der Waals surface area contributed by atoms with E-state index in [9.17, 15) is 0 Å². The van der Waals surface area contributed by atoms with Crippen LogP contribution >= 0.6 is 0 Å². The van der Waals surface area contributed by atoms with E-state index in [1.807, 2.05) is 6.07 Å². The Balaban J connectivity index is 1.56. The first-order valence-corrected chi connectivity index (χ1v) is 6.92. The molecule has 0 radical (unpaired) electrons. The highest BCUT2D eigenvalue weighted by atomic mass is 15.2. The van der Waals surface area contributed by atoms with Crippen molar-refractivity contribution in [3.05, 3.63) is 48.2 Å². The van der Waals surface area contributed by atoms with Crippen LogP contribution < -0.4 is 5.32 Å². The van der Waals surface area contributed by atoms with E-state index in [1.165, 1.54) is 24.9 Å². The van der Waals surface area contributed by atoms with E-state index in [4.69, 9.17) is 0 Å². The molecule has 0 unspecified atom stereocenters. The largest absolute Gasteiger partial charge is 0.366 e. The highest BCUT2D eigenvalue weighted by molar-refractivity contribution is 5.33. The Bertz CT molecular complexity index is 480. The number of anilines is 1. The molecule has 0 aliphatic carbocycles. The van der Waals surface area contributed by atoms with Crippen molar-refractivity contribution < 1.29 is 0 Å². The molecule has 100 valence electrons. The second kappa shape index (κ2) is 5.89. The van der Waals surface area contributed by atoms with Crippen LogP contribution in [0.4, 0.5) is 5.82 Å². The zero-order valence-electron chi connectivity index (χ0n) is 11.0. The molecule has 0 amide bonds. The van der Waals surface area contributed by atoms with E-state index >= 15 is 0 Å². The summed E-state index contributed by atoms with van der Waals surface area (Å²) in [7, 11) is 0. The van der Waals surface area contributed by atoms with E-state index < -0.39 is 0 Å². The molecule has 19 heavy (non-hydrogen) atoms. The Hall–Kier alpha value is -1.81. The fourth-order valence-electron chi connectivity index (χ4n) is 2.71. The van der Waals surface area contributed by atoms with Crippen LogP contribution in [0.2, 0.25) is 0 Å². The Morgan fingerprint density at radius 2 is 2.16 bits per heavy atom. The lowest BCUT2D eigenvalue weighted by Gasteiger charge is -2.33. The van der Waals surface area contributed by atoms with Crippen LogP contribution in [-0.4, -0.2) is 34.2 Å². The first kappa shape index (κ1) is 12.2. The van der Waals surface area contributed by atoms with Crippen LogP contribution in [0.5, 0.6) is 0 Å². The van der Waals surface area contributed by atoms with Gasteiger partial charge in [-0.05, 0) is 31.0 Å². The lowest BCUT2D eigenvalue weighted by atomic mass is 10.0. The van der Waals surface area contributed by atoms with Crippen LogP contribution in [-0.2, 0) is 6.54 Å². The fraction of sp³-hybridized carbons (Fsp3) is 0.400. The predicted molar refractivity (Wildman–Crippen MR) is 77.0 cm³/mol. The fourth-order valence-corrected chi connectivity index (χ4v) is 2.71. The van der Waals surface area contributed by atoms with Crippen LogP contribution in [0.1, 0.15) is 18.4 Å². The van der Waals surface area contributed by atoms with Gasteiger partial charge in [0, 0.05) is 19.1 Å². The van der Waals surface area contributed by atoms with Crippen LogP contribution in [0.15, 0.2) is 42.6 Å². The molecule has 0 saturated carbocycles. The van der Waals surface area contributed by atoms with Gasteiger partial charge >= 0.3 is 0 Å². The zero-order chi connectivity index (χ0) is 12.9. The topological polar surface area (TPSA) is 44.0 Å². The molecule has 0 spiro atoms. The molecule has 1 atom stereocenters. The van der Waals surface area contributed by atoms with Gasteiger partial charge < -0.3 is 5.32 Å². The highest BCUT2D eigenvalue weighted by Gasteiger charge is 2.19. The van der Waals surface area contributed by atoms with Crippen molar-refractivity contribution in [2.75, 3.05) is 18.4 Å². The predicted octanol–water partition coefficient (Wildman–Crippen LogP) is 2.49. The SMILES string of the molecule is c1ccc(CN2CCC[C@H](Nc3ccn[nH]3)C2)cc1. The average Bonchev–Trinajstić information content (AvgIpc) is 2.93. The number of nitrogens with zero attached hydrogens (tertiary/aromatic N) is 2. The monoisotopic (exact) mass is 256 g/mol. The number of aromatic nitrogens is 2. The van der Waals surface area contributed by atoms with Crippen molar-refractivity contribution in [3.63, 3.8) is 0 Å². The molecule has 2 aromatic rings. The molecule has 4 nitrogen and oxygen atoms in total. The summed E-state index contributed by atoms with van der Waals surface area (Å²) in [5.74, 6) is 1.02. The summed E-state index contributed by atoms with van der Waals surface area (Å²) in [6.45, 7) is 3.33. The lowest BCUT2D eigenvalue weighted by molar-refractivity contribution is 0.208. The lowest BCUT2D eigenvalue weighted by Crippen LogP contribution is -2.41. The number of piperidine rings is 1. The summed E-state index contributed by atoms with van der Waals surface area (Å²) in [6.07, 6.45) is 4.26. The number of hydrogen-bond acceptors (Lipinski definition) is 3. The molecule has 0 bridgehead atoms. The summed E-state index contributed by atoms with van der Waals surface area (Å²) in [6, 6.07) is 13.2. The maximum Gasteiger partial charge on any atom is 0.121 e. The van der Waals surface area contributed by atoms with Gasteiger partial charge in [0.2, 0.25) is 0 Å². The second-order valence-electron chi connectivity index (χ2n) is 5.17. The summed E-state index contributed by atoms with van der Waals surface area (Å²) < 4.78 is 0. The molecule has 2 heterocycles. The van der Waals surface area contributed by atoms with E-state index in [0.29, 0.717) is 6.04 Å². The number of nitrogens with one attached hydrogen (secondary N) is 2. The van der Waals surface area contributed by atoms with E-state index in [1.54, 1.807) is 6.20 Å². The molecule has 1 aromatic heterocycles.